The van der Waals surface area contributed by atoms with Gasteiger partial charge in [-0.1, -0.05) is 36.4 Å². The van der Waals surface area contributed by atoms with E-state index in [1.165, 1.54) is 54.5 Å². The third-order valence-corrected chi connectivity index (χ3v) is 8.57. The molecule has 3 heterocycles. The minimum Gasteiger partial charge on any atom is -1.00 e. The molecule has 0 spiro atoms. The Labute approximate surface area is 252 Å². The molecule has 0 radical (unpaired) electrons. The number of anilines is 1. The predicted molar refractivity (Wildman–Crippen MR) is 164 cm³/mol. The van der Waals surface area contributed by atoms with Crippen LogP contribution in [-0.4, -0.2) is 67.4 Å². The maximum Gasteiger partial charge on any atom is 0.240 e. The van der Waals surface area contributed by atoms with Crippen LogP contribution < -0.4 is 33.9 Å². The van der Waals surface area contributed by atoms with Gasteiger partial charge in [-0.25, -0.2) is 0 Å². The second-order valence-corrected chi connectivity index (χ2v) is 11.2. The van der Waals surface area contributed by atoms with Gasteiger partial charge in [0, 0.05) is 50.2 Å². The highest BCUT2D eigenvalue weighted by Crippen LogP contribution is 2.34. The highest BCUT2D eigenvalue weighted by atomic mass is 127. The van der Waals surface area contributed by atoms with E-state index in [1.54, 1.807) is 11.8 Å². The number of aryl methyl sites for hydroxylation is 1. The van der Waals surface area contributed by atoms with Gasteiger partial charge < -0.3 is 39.2 Å². The van der Waals surface area contributed by atoms with E-state index in [0.29, 0.717) is 0 Å². The first kappa shape index (κ1) is 28.0. The van der Waals surface area contributed by atoms with Gasteiger partial charge in [0.2, 0.25) is 11.0 Å². The average Bonchev–Trinajstić information content (AvgIpc) is 3.34. The quantitative estimate of drug-likeness (QED) is 0.123. The molecule has 1 aliphatic heterocycles. The Morgan fingerprint density at radius 1 is 0.923 bits per heavy atom. The molecule has 0 bridgehead atoms. The molecule has 0 aliphatic carbocycles. The Morgan fingerprint density at radius 3 is 2.41 bits per heavy atom. The van der Waals surface area contributed by atoms with Gasteiger partial charge >= 0.3 is 0 Å². The zero-order valence-corrected chi connectivity index (χ0v) is 25.9. The van der Waals surface area contributed by atoms with Gasteiger partial charge in [0.15, 0.2) is 0 Å². The lowest BCUT2D eigenvalue weighted by Gasteiger charge is -2.32. The molecule has 1 fully saturated rings. The van der Waals surface area contributed by atoms with Crippen molar-refractivity contribution in [1.29, 1.82) is 0 Å². The van der Waals surface area contributed by atoms with Crippen LogP contribution in [0.25, 0.3) is 45.0 Å². The van der Waals surface area contributed by atoms with Crippen LogP contribution >= 0.6 is 11.8 Å². The van der Waals surface area contributed by atoms with Crippen molar-refractivity contribution in [3.8, 4) is 0 Å². The molecule has 1 aliphatic rings. The zero-order chi connectivity index (χ0) is 26.1. The summed E-state index contributed by atoms with van der Waals surface area (Å²) in [6, 6.07) is 24.2. The molecular formula is C32H36IN5S. The molecule has 7 heteroatoms. The fraction of sp³-hybridized carbons (Fsp3) is 0.281. The predicted octanol–water partition coefficient (Wildman–Crippen LogP) is 2.85. The van der Waals surface area contributed by atoms with E-state index in [0.717, 1.165) is 39.3 Å². The first-order valence-corrected chi connectivity index (χ1v) is 14.7. The number of aromatic amines is 1. The number of aromatic nitrogens is 2. The molecule has 5 nitrogen and oxygen atoms in total. The third kappa shape index (κ3) is 5.82. The van der Waals surface area contributed by atoms with Gasteiger partial charge in [-0.3, -0.25) is 4.90 Å². The van der Waals surface area contributed by atoms with Crippen LogP contribution in [0, 0.1) is 0 Å². The van der Waals surface area contributed by atoms with Crippen molar-refractivity contribution in [3.63, 3.8) is 0 Å². The van der Waals surface area contributed by atoms with Crippen molar-refractivity contribution >= 4 is 62.4 Å². The molecule has 39 heavy (non-hydrogen) atoms. The number of piperazine rings is 1. The summed E-state index contributed by atoms with van der Waals surface area (Å²) in [6.07, 6.45) is 6.53. The minimum atomic E-state index is 0. The van der Waals surface area contributed by atoms with E-state index in [9.17, 15) is 0 Å². The summed E-state index contributed by atoms with van der Waals surface area (Å²) in [5.74, 6) is 0. The molecule has 1 saturated heterocycles. The van der Waals surface area contributed by atoms with Gasteiger partial charge in [-0.2, -0.15) is 4.57 Å². The number of thioether (sulfide) groups is 1. The number of benzene rings is 3. The van der Waals surface area contributed by atoms with E-state index in [2.05, 4.69) is 124 Å². The number of likely N-dealkylation sites (N-methyl/N-ethyl adjacent to an activating group) is 1. The largest absolute Gasteiger partial charge is 1.00 e. The Hall–Kier alpha value is -2.59. The van der Waals surface area contributed by atoms with E-state index in [-0.39, 0.29) is 24.0 Å². The second kappa shape index (κ2) is 12.3. The van der Waals surface area contributed by atoms with Crippen LogP contribution in [0.2, 0.25) is 0 Å². The van der Waals surface area contributed by atoms with E-state index >= 15 is 0 Å². The van der Waals surface area contributed by atoms with Crippen LogP contribution in [0.1, 0.15) is 11.1 Å². The topological polar surface area (TPSA) is 38.2 Å². The first-order chi connectivity index (χ1) is 18.6. The van der Waals surface area contributed by atoms with E-state index < -0.39 is 0 Å². The third-order valence-electron chi connectivity index (χ3n) is 7.83. The van der Waals surface area contributed by atoms with Crippen LogP contribution in [0.4, 0.5) is 5.69 Å². The monoisotopic (exact) mass is 649 g/mol. The smallest absolute Gasteiger partial charge is 0.240 e. The minimum absolute atomic E-state index is 0. The highest BCUT2D eigenvalue weighted by Gasteiger charge is 2.23. The summed E-state index contributed by atoms with van der Waals surface area (Å²) < 4.78 is 2.34. The fourth-order valence-electron chi connectivity index (χ4n) is 5.56. The number of rotatable bonds is 7. The lowest BCUT2D eigenvalue weighted by atomic mass is 10.1. The summed E-state index contributed by atoms with van der Waals surface area (Å²) >= 11 is 1.77. The zero-order valence-electron chi connectivity index (χ0n) is 22.9. The van der Waals surface area contributed by atoms with Crippen molar-refractivity contribution in [3.05, 3.63) is 77.9 Å². The van der Waals surface area contributed by atoms with E-state index in [1.807, 2.05) is 0 Å². The number of hydrogen-bond acceptors (Lipinski definition) is 4. The van der Waals surface area contributed by atoms with Crippen molar-refractivity contribution in [1.82, 2.24) is 14.8 Å². The van der Waals surface area contributed by atoms with Gasteiger partial charge in [0.05, 0.1) is 22.0 Å². The normalized spacial score (nSPS) is 14.9. The molecule has 0 unspecified atom stereocenters. The van der Waals surface area contributed by atoms with Gasteiger partial charge in [0.1, 0.15) is 12.6 Å². The highest BCUT2D eigenvalue weighted by molar-refractivity contribution is 7.98. The maximum absolute atomic E-state index is 3.86. The Bertz CT molecular complexity index is 1620. The SMILES string of the molecule is CSc1ccc(/C=C/c2ccc3c(c2)c(NCCN2CCN(C)CC2)c2[nH]c4ccccc4c2[n+]3C)cc1.[I-]. The van der Waals surface area contributed by atoms with Crippen molar-refractivity contribution < 1.29 is 28.5 Å². The molecule has 0 atom stereocenters. The number of pyridine rings is 1. The summed E-state index contributed by atoms with van der Waals surface area (Å²) in [5.41, 5.74) is 8.42. The lowest BCUT2D eigenvalue weighted by molar-refractivity contribution is -0.616. The first-order valence-electron chi connectivity index (χ1n) is 13.4. The molecule has 3 aromatic carbocycles. The van der Waals surface area contributed by atoms with Gasteiger partial charge in [-0.15, -0.1) is 11.8 Å². The van der Waals surface area contributed by atoms with Crippen LogP contribution in [0.5, 0.6) is 0 Å². The fourth-order valence-corrected chi connectivity index (χ4v) is 5.97. The number of halogens is 1. The Balaban J connectivity index is 0.00000308. The number of para-hydroxylation sites is 1. The van der Waals surface area contributed by atoms with Crippen molar-refractivity contribution in [2.24, 2.45) is 7.05 Å². The molecule has 2 N–H and O–H groups in total. The molecule has 202 valence electrons. The average molecular weight is 650 g/mol. The van der Waals surface area contributed by atoms with Gasteiger partial charge in [-0.05, 0) is 60.8 Å². The number of H-pyrrole nitrogens is 1. The summed E-state index contributed by atoms with van der Waals surface area (Å²) in [4.78, 5) is 10.0. The number of fused-ring (bicyclic) bond motifs is 4. The Morgan fingerprint density at radius 2 is 1.64 bits per heavy atom. The van der Waals surface area contributed by atoms with Crippen LogP contribution in [-0.2, 0) is 7.05 Å². The second-order valence-electron chi connectivity index (χ2n) is 10.3. The number of hydrogen-bond donors (Lipinski definition) is 2. The molecular weight excluding hydrogens is 613 g/mol. The van der Waals surface area contributed by atoms with Crippen molar-refractivity contribution in [2.75, 3.05) is 57.9 Å². The van der Waals surface area contributed by atoms with Crippen molar-refractivity contribution in [2.45, 2.75) is 4.90 Å². The number of nitrogens with zero attached hydrogens (tertiary/aromatic N) is 3. The number of nitrogens with one attached hydrogen (secondary N) is 2. The molecule has 0 saturated carbocycles. The standard InChI is InChI=1S/C32H35N5S.HI/c1-35-18-20-37(21-19-35)17-16-33-30-27-22-24(9-8-23-10-13-25(38-3)14-11-23)12-15-29(27)36(2)32-26-6-4-5-7-28(26)34-31(30)32;/h4-15,22H,16-21H2,1-3H3,(H,33,34);1H/b9-8+;. The molecule has 5 aromatic rings. The maximum atomic E-state index is 3.86. The van der Waals surface area contributed by atoms with Gasteiger partial charge in [0.25, 0.3) is 0 Å². The molecule has 2 aromatic heterocycles. The van der Waals surface area contributed by atoms with Crippen LogP contribution in [0.3, 0.4) is 0 Å². The summed E-state index contributed by atoms with van der Waals surface area (Å²) in [5, 5.41) is 6.36. The van der Waals surface area contributed by atoms with E-state index in [4.69, 9.17) is 0 Å². The molecule has 0 amide bonds. The molecule has 6 rings (SSSR count). The summed E-state index contributed by atoms with van der Waals surface area (Å²) in [6.45, 7) is 6.52. The summed E-state index contributed by atoms with van der Waals surface area (Å²) in [7, 11) is 4.39. The van der Waals surface area contributed by atoms with Crippen LogP contribution in [0.15, 0.2) is 71.6 Å². The lowest BCUT2D eigenvalue weighted by Crippen LogP contribution is -3.00. The Kier molecular flexibility index (Phi) is 8.81.